The van der Waals surface area contributed by atoms with Gasteiger partial charge in [-0.05, 0) is 355 Å². The van der Waals surface area contributed by atoms with Gasteiger partial charge in [0.05, 0.1) is 0 Å². The molecular weight excluding hydrogens is 1180 g/mol. The predicted octanol–water partition coefficient (Wildman–Crippen LogP) is 32.7. The molecule has 5 spiro atoms. The Morgan fingerprint density at radius 2 is 0.316 bits per heavy atom. The van der Waals surface area contributed by atoms with Crippen LogP contribution in [0.15, 0.2) is 0 Å². The molecule has 0 heterocycles. The summed E-state index contributed by atoms with van der Waals surface area (Å²) in [7, 11) is 0. The first kappa shape index (κ1) is 82.1. The van der Waals surface area contributed by atoms with Gasteiger partial charge in [-0.3, -0.25) is 0 Å². The molecular formula is C98H180. The third-order valence-electron chi connectivity index (χ3n) is 35.0. The van der Waals surface area contributed by atoms with E-state index in [9.17, 15) is 0 Å². The van der Waals surface area contributed by atoms with E-state index >= 15 is 0 Å². The summed E-state index contributed by atoms with van der Waals surface area (Å²) in [5, 5.41) is 0. The van der Waals surface area contributed by atoms with Crippen molar-refractivity contribution in [1.82, 2.24) is 0 Å². The van der Waals surface area contributed by atoms with Crippen LogP contribution in [-0.2, 0) is 0 Å². The molecule has 17 aliphatic rings. The minimum atomic E-state index is 0. The summed E-state index contributed by atoms with van der Waals surface area (Å²) >= 11 is 0. The highest BCUT2D eigenvalue weighted by molar-refractivity contribution is 5.01. The minimum Gasteiger partial charge on any atom is -0.0776 e. The molecule has 0 aromatic rings. The number of rotatable bonds is 0. The molecule has 0 radical (unpaired) electrons. The van der Waals surface area contributed by atoms with E-state index in [4.69, 9.17) is 0 Å². The lowest BCUT2D eigenvalue weighted by Gasteiger charge is -2.52. The van der Waals surface area contributed by atoms with Gasteiger partial charge < -0.3 is 0 Å². The van der Waals surface area contributed by atoms with E-state index < -0.39 is 0 Å². The molecule has 17 rings (SSSR count). The molecule has 0 aromatic heterocycles. The Morgan fingerprint density at radius 3 is 0.561 bits per heavy atom. The number of hydrogen-bond donors (Lipinski definition) is 0. The maximum atomic E-state index is 2.46. The first-order chi connectivity index (χ1) is 45.3. The van der Waals surface area contributed by atoms with E-state index in [2.05, 4.69) is 104 Å². The average molecular weight is 1360 g/mol. The maximum absolute atomic E-state index is 2.46. The van der Waals surface area contributed by atoms with E-state index in [1.165, 1.54) is 96.3 Å². The van der Waals surface area contributed by atoms with Crippen molar-refractivity contribution in [2.24, 2.45) is 143 Å². The van der Waals surface area contributed by atoms with E-state index in [0.29, 0.717) is 27.1 Å². The molecule has 0 aromatic carbocycles. The summed E-state index contributed by atoms with van der Waals surface area (Å²) < 4.78 is 0. The third kappa shape index (κ3) is 22.6. The lowest BCUT2D eigenvalue weighted by atomic mass is 9.54. The van der Waals surface area contributed by atoms with Crippen LogP contribution in [0.1, 0.15) is 478 Å². The number of hydrogen-bond acceptors (Lipinski definition) is 0. The normalized spacial score (nSPS) is 42.9. The summed E-state index contributed by atoms with van der Waals surface area (Å²) in [4.78, 5) is 0. The lowest BCUT2D eigenvalue weighted by molar-refractivity contribution is -0.00342. The highest BCUT2D eigenvalue weighted by Gasteiger charge is 2.49. The van der Waals surface area contributed by atoms with Gasteiger partial charge in [0, 0.05) is 0 Å². The van der Waals surface area contributed by atoms with Crippen LogP contribution in [0.5, 0.6) is 0 Å². The minimum absolute atomic E-state index is 0. The van der Waals surface area contributed by atoms with Gasteiger partial charge >= 0.3 is 0 Å². The van der Waals surface area contributed by atoms with Gasteiger partial charge in [0.25, 0.3) is 0 Å². The van der Waals surface area contributed by atoms with Crippen molar-refractivity contribution in [2.75, 3.05) is 0 Å². The molecule has 572 valence electrons. The summed E-state index contributed by atoms with van der Waals surface area (Å²) in [6.45, 7) is 36.8. The summed E-state index contributed by atoms with van der Waals surface area (Å²) in [5.41, 5.74) is 6.64. The van der Waals surface area contributed by atoms with Crippen LogP contribution in [0.3, 0.4) is 0 Å². The maximum Gasteiger partial charge on any atom is -0.0292 e. The van der Waals surface area contributed by atoms with Crippen molar-refractivity contribution in [1.29, 1.82) is 0 Å². The lowest BCUT2D eigenvalue weighted by Crippen LogP contribution is -2.40. The summed E-state index contributed by atoms with van der Waals surface area (Å²) in [5.74, 6) is 15.9. The Morgan fingerprint density at radius 1 is 0.163 bits per heavy atom. The molecule has 17 saturated carbocycles. The SMILES string of the molecule is C.C.CC(C)(C)C1CCC2(CC1)CC1CCCC(C1)C2.CC(C)(C)C1CCC2(CC1)CC1CCCC(CC1)C2.CC(C)(C)C1CCC2(CC1)CC1CCCC(CCC1)C2.CC(C)(C)C1CCC2(CCC3CCC(CC3)C2)CC1.CC(C)(C)C1CCC2(CCC3CCCC(CC3)C2)CC1. The molecule has 6 unspecified atom stereocenters. The molecule has 17 aliphatic carbocycles. The standard InChI is InChI=1S/2C20H36.2C19H34.C18H32.2CH4/c1-19(2,3)18-10-12-20(13-11-18)14-16-6-4-7-17(15-20)9-5-8-16;1-19(2,3)18-10-13-20(14-11-18)12-9-16-5-4-6-17(15-20)8-7-16;1-18(2,3)17-9-12-19(13-10-17)11-8-15-4-6-16(14-19)7-5-15;1-18(2,3)17-9-11-19(12-10-17)13-15-5-4-6-16(14-19)8-7-15;1-17(2,3)16-7-9-18(10-8-16)12-14-5-4-6-15(11-14)13-18;;/h2*16-18H,4-15H2,1-3H3;2*15-17H,4-14H2,1-3H3;14-16H,4-13H2,1-3H3;2*1H4. The first-order valence-electron chi connectivity index (χ1n) is 45.3. The third-order valence-corrected chi connectivity index (χ3v) is 35.0. The zero-order chi connectivity index (χ0) is 68.3. The predicted molar refractivity (Wildman–Crippen MR) is 434 cm³/mol. The van der Waals surface area contributed by atoms with Gasteiger partial charge in [-0.2, -0.15) is 0 Å². The van der Waals surface area contributed by atoms with Crippen LogP contribution in [0.25, 0.3) is 0 Å². The molecule has 17 fully saturated rings. The molecule has 0 saturated heterocycles. The Balaban J connectivity index is 0.000000143. The Labute approximate surface area is 617 Å². The highest BCUT2D eigenvalue weighted by atomic mass is 14.5. The quantitative estimate of drug-likeness (QED) is 0.227. The fourth-order valence-corrected chi connectivity index (χ4v) is 28.4. The van der Waals surface area contributed by atoms with Gasteiger partial charge in [0.2, 0.25) is 0 Å². The van der Waals surface area contributed by atoms with Crippen LogP contribution in [0.2, 0.25) is 0 Å². The van der Waals surface area contributed by atoms with Gasteiger partial charge in [-0.1, -0.05) is 266 Å². The van der Waals surface area contributed by atoms with Crippen molar-refractivity contribution in [3.8, 4) is 0 Å². The Hall–Kier alpha value is 0. The molecule has 0 aliphatic heterocycles. The molecule has 98 heavy (non-hydrogen) atoms. The number of fused-ring (bicyclic) bond motifs is 15. The van der Waals surface area contributed by atoms with E-state index in [-0.39, 0.29) is 14.9 Å². The van der Waals surface area contributed by atoms with Crippen LogP contribution < -0.4 is 0 Å². The van der Waals surface area contributed by atoms with Gasteiger partial charge in [-0.15, -0.1) is 0 Å². The molecule has 0 nitrogen and oxygen atoms in total. The van der Waals surface area contributed by atoms with E-state index in [1.807, 2.05) is 0 Å². The fourth-order valence-electron chi connectivity index (χ4n) is 28.4. The zero-order valence-corrected chi connectivity index (χ0v) is 68.3. The van der Waals surface area contributed by atoms with Crippen LogP contribution in [0.4, 0.5) is 0 Å². The monoisotopic (exact) mass is 1360 g/mol. The second-order valence-corrected chi connectivity index (χ2v) is 46.8. The summed E-state index contributed by atoms with van der Waals surface area (Å²) in [6.07, 6.45) is 87.1. The van der Waals surface area contributed by atoms with Gasteiger partial charge in [-0.25, -0.2) is 0 Å². The molecule has 6 atom stereocenters. The van der Waals surface area contributed by atoms with Crippen LogP contribution in [0, 0.1) is 143 Å². The Kier molecular flexibility index (Phi) is 28.9. The zero-order valence-electron chi connectivity index (χ0n) is 68.3. The summed E-state index contributed by atoms with van der Waals surface area (Å²) in [6, 6.07) is 0. The van der Waals surface area contributed by atoms with E-state index in [0.717, 1.165) is 116 Å². The van der Waals surface area contributed by atoms with Gasteiger partial charge in [0.1, 0.15) is 0 Å². The van der Waals surface area contributed by atoms with Crippen molar-refractivity contribution >= 4 is 0 Å². The van der Waals surface area contributed by atoms with E-state index in [1.54, 1.807) is 263 Å². The molecule has 0 heteroatoms. The van der Waals surface area contributed by atoms with Crippen molar-refractivity contribution in [3.05, 3.63) is 0 Å². The molecule has 0 N–H and O–H groups in total. The fraction of sp³-hybridized carbons (Fsp3) is 1.00. The topological polar surface area (TPSA) is 0 Å². The van der Waals surface area contributed by atoms with Crippen molar-refractivity contribution in [2.45, 2.75) is 478 Å². The smallest absolute Gasteiger partial charge is 0.0292 e. The second kappa shape index (κ2) is 34.5. The van der Waals surface area contributed by atoms with Gasteiger partial charge in [0.15, 0.2) is 0 Å². The van der Waals surface area contributed by atoms with Crippen LogP contribution >= 0.6 is 0 Å². The molecule has 0 amide bonds. The van der Waals surface area contributed by atoms with Crippen LogP contribution in [-0.4, -0.2) is 0 Å². The first-order valence-corrected chi connectivity index (χ1v) is 45.3. The highest BCUT2D eigenvalue weighted by Crippen LogP contribution is 2.62. The largest absolute Gasteiger partial charge is 0.0776 e. The molecule has 10 bridgehead atoms. The van der Waals surface area contributed by atoms with Crippen molar-refractivity contribution < 1.29 is 0 Å². The van der Waals surface area contributed by atoms with Crippen molar-refractivity contribution in [3.63, 3.8) is 0 Å². The second-order valence-electron chi connectivity index (χ2n) is 46.8. The average Bonchev–Trinajstić information content (AvgIpc) is 0.913. The Bertz CT molecular complexity index is 2190.